The normalized spacial score (nSPS) is 17.8. The average molecular weight is 465 g/mol. The molecule has 1 unspecified atom stereocenters. The van der Waals surface area contributed by atoms with Gasteiger partial charge in [-0.25, -0.2) is 9.59 Å². The Kier molecular flexibility index (Phi) is 6.64. The summed E-state index contributed by atoms with van der Waals surface area (Å²) >= 11 is 0. The Bertz CT molecular complexity index is 1050. The fourth-order valence-electron chi connectivity index (χ4n) is 5.10. The van der Waals surface area contributed by atoms with Crippen molar-refractivity contribution in [3.8, 4) is 11.1 Å². The van der Waals surface area contributed by atoms with Gasteiger partial charge in [0.15, 0.2) is 0 Å². The Hall–Kier alpha value is -3.35. The number of ether oxygens (including phenoxy) is 1. The molecule has 2 amide bonds. The molecular formula is C27H32N2O5. The number of carbonyl (C=O) groups is 3. The van der Waals surface area contributed by atoms with Crippen molar-refractivity contribution < 1.29 is 24.2 Å². The summed E-state index contributed by atoms with van der Waals surface area (Å²) in [6, 6.07) is 16.3. The molecule has 0 radical (unpaired) electrons. The summed E-state index contributed by atoms with van der Waals surface area (Å²) in [4.78, 5) is 37.4. The van der Waals surface area contributed by atoms with E-state index in [9.17, 15) is 19.5 Å². The van der Waals surface area contributed by atoms with Gasteiger partial charge in [0.25, 0.3) is 0 Å². The molecule has 3 N–H and O–H groups in total. The number of amides is 2. The van der Waals surface area contributed by atoms with Crippen LogP contribution in [0.25, 0.3) is 11.1 Å². The SMILES string of the molecule is CCC(C)(NC(=O)C1(CNC(=O)OCC2c3ccccc3-c3ccccc32)CCCC1)C(=O)O. The third-order valence-corrected chi connectivity index (χ3v) is 7.53. The minimum absolute atomic E-state index is 0.0392. The number of hydrogen-bond acceptors (Lipinski definition) is 4. The van der Waals surface area contributed by atoms with E-state index in [4.69, 9.17) is 4.74 Å². The van der Waals surface area contributed by atoms with Gasteiger partial charge >= 0.3 is 12.1 Å². The van der Waals surface area contributed by atoms with Crippen LogP contribution in [0.5, 0.6) is 0 Å². The van der Waals surface area contributed by atoms with E-state index in [2.05, 4.69) is 34.9 Å². The van der Waals surface area contributed by atoms with E-state index >= 15 is 0 Å². The molecule has 2 aliphatic carbocycles. The summed E-state index contributed by atoms with van der Waals surface area (Å²) in [6.07, 6.45) is 2.61. The first-order valence-electron chi connectivity index (χ1n) is 11.9. The average Bonchev–Trinajstić information content (AvgIpc) is 3.45. The van der Waals surface area contributed by atoms with E-state index < -0.39 is 23.0 Å². The van der Waals surface area contributed by atoms with Gasteiger partial charge in [-0.1, -0.05) is 68.3 Å². The molecule has 2 aromatic carbocycles. The van der Waals surface area contributed by atoms with Gasteiger partial charge in [0.2, 0.25) is 5.91 Å². The zero-order valence-corrected chi connectivity index (χ0v) is 19.7. The van der Waals surface area contributed by atoms with Crippen LogP contribution in [0.2, 0.25) is 0 Å². The fourth-order valence-corrected chi connectivity index (χ4v) is 5.10. The third kappa shape index (κ3) is 4.39. The lowest BCUT2D eigenvalue weighted by Crippen LogP contribution is -2.57. The highest BCUT2D eigenvalue weighted by Gasteiger charge is 2.45. The maximum Gasteiger partial charge on any atom is 0.407 e. The van der Waals surface area contributed by atoms with Crippen molar-refractivity contribution in [2.24, 2.45) is 5.41 Å². The highest BCUT2D eigenvalue weighted by Crippen LogP contribution is 2.44. The standard InChI is InChI=1S/C27H32N2O5/c1-3-26(2,24(31)32)29-23(30)27(14-8-9-15-27)17-28-25(33)34-16-22-20-12-6-4-10-18(20)19-11-5-7-13-21(19)22/h4-7,10-13,22H,3,8-9,14-17H2,1-2H3,(H,28,33)(H,29,30)(H,31,32). The number of fused-ring (bicyclic) bond motifs is 3. The number of carboxylic acids is 1. The number of alkyl carbamates (subject to hydrolysis) is 1. The molecule has 0 heterocycles. The van der Waals surface area contributed by atoms with E-state index in [0.29, 0.717) is 12.8 Å². The molecule has 4 rings (SSSR count). The summed E-state index contributed by atoms with van der Waals surface area (Å²) in [7, 11) is 0. The number of benzene rings is 2. The molecule has 2 aliphatic rings. The summed E-state index contributed by atoms with van der Waals surface area (Å²) in [5.41, 5.74) is 2.43. The number of rotatable bonds is 8. The summed E-state index contributed by atoms with van der Waals surface area (Å²) in [5, 5.41) is 15.0. The monoisotopic (exact) mass is 464 g/mol. The molecule has 0 spiro atoms. The number of carboxylic acid groups (broad SMARTS) is 1. The van der Waals surface area contributed by atoms with Gasteiger partial charge < -0.3 is 20.5 Å². The number of hydrogen-bond donors (Lipinski definition) is 3. The maximum absolute atomic E-state index is 13.1. The van der Waals surface area contributed by atoms with E-state index in [1.165, 1.54) is 6.92 Å². The van der Waals surface area contributed by atoms with Crippen LogP contribution in [-0.2, 0) is 14.3 Å². The Labute approximate surface area is 199 Å². The van der Waals surface area contributed by atoms with Gasteiger partial charge in [-0.05, 0) is 48.4 Å². The number of aliphatic carboxylic acids is 1. The third-order valence-electron chi connectivity index (χ3n) is 7.53. The molecule has 7 heteroatoms. The molecule has 0 aromatic heterocycles. The van der Waals surface area contributed by atoms with Crippen LogP contribution in [0.15, 0.2) is 48.5 Å². The lowest BCUT2D eigenvalue weighted by molar-refractivity contribution is -0.149. The van der Waals surface area contributed by atoms with Gasteiger partial charge in [-0.3, -0.25) is 4.79 Å². The number of carbonyl (C=O) groups excluding carboxylic acids is 2. The second-order valence-electron chi connectivity index (χ2n) is 9.61. The minimum atomic E-state index is -1.34. The van der Waals surface area contributed by atoms with Crippen molar-refractivity contribution >= 4 is 18.0 Å². The quantitative estimate of drug-likeness (QED) is 0.535. The largest absolute Gasteiger partial charge is 0.480 e. The van der Waals surface area contributed by atoms with Crippen LogP contribution < -0.4 is 10.6 Å². The summed E-state index contributed by atoms with van der Waals surface area (Å²) in [6.45, 7) is 3.56. The Morgan fingerprint density at radius 3 is 2.12 bits per heavy atom. The van der Waals surface area contributed by atoms with Crippen molar-refractivity contribution in [3.63, 3.8) is 0 Å². The van der Waals surface area contributed by atoms with Gasteiger partial charge in [-0.15, -0.1) is 0 Å². The Morgan fingerprint density at radius 2 is 1.59 bits per heavy atom. The minimum Gasteiger partial charge on any atom is -0.480 e. The van der Waals surface area contributed by atoms with Crippen molar-refractivity contribution in [1.29, 1.82) is 0 Å². The predicted octanol–water partition coefficient (Wildman–Crippen LogP) is 4.46. The Morgan fingerprint density at radius 1 is 1.03 bits per heavy atom. The topological polar surface area (TPSA) is 105 Å². The van der Waals surface area contributed by atoms with Crippen molar-refractivity contribution in [2.45, 2.75) is 57.4 Å². The highest BCUT2D eigenvalue weighted by atomic mass is 16.5. The van der Waals surface area contributed by atoms with Crippen LogP contribution >= 0.6 is 0 Å². The Balaban J connectivity index is 1.39. The fraction of sp³-hybridized carbons (Fsp3) is 0.444. The molecule has 0 saturated heterocycles. The highest BCUT2D eigenvalue weighted by molar-refractivity contribution is 5.90. The van der Waals surface area contributed by atoms with E-state index in [-0.39, 0.29) is 31.4 Å². The molecule has 0 aliphatic heterocycles. The molecule has 1 atom stereocenters. The van der Waals surface area contributed by atoms with Gasteiger partial charge in [0.1, 0.15) is 12.1 Å². The molecule has 1 fully saturated rings. The summed E-state index contributed by atoms with van der Waals surface area (Å²) in [5.74, 6) is -1.43. The zero-order chi connectivity index (χ0) is 24.3. The van der Waals surface area contributed by atoms with Crippen molar-refractivity contribution in [1.82, 2.24) is 10.6 Å². The zero-order valence-electron chi connectivity index (χ0n) is 19.7. The molecule has 0 bridgehead atoms. The van der Waals surface area contributed by atoms with E-state index in [0.717, 1.165) is 35.1 Å². The van der Waals surface area contributed by atoms with E-state index in [1.54, 1.807) is 6.92 Å². The number of nitrogens with one attached hydrogen (secondary N) is 2. The second kappa shape index (κ2) is 9.49. The molecule has 180 valence electrons. The second-order valence-corrected chi connectivity index (χ2v) is 9.61. The van der Waals surface area contributed by atoms with Gasteiger partial charge in [0.05, 0.1) is 5.41 Å². The lowest BCUT2D eigenvalue weighted by Gasteiger charge is -2.33. The van der Waals surface area contributed by atoms with Gasteiger partial charge in [0, 0.05) is 12.5 Å². The van der Waals surface area contributed by atoms with Crippen LogP contribution in [0.1, 0.15) is 63.0 Å². The van der Waals surface area contributed by atoms with Gasteiger partial charge in [-0.2, -0.15) is 0 Å². The van der Waals surface area contributed by atoms with E-state index in [1.807, 2.05) is 24.3 Å². The molecule has 7 nitrogen and oxygen atoms in total. The van der Waals surface area contributed by atoms with Crippen molar-refractivity contribution in [3.05, 3.63) is 59.7 Å². The first-order chi connectivity index (χ1) is 16.3. The van der Waals surface area contributed by atoms with Crippen LogP contribution in [0.3, 0.4) is 0 Å². The molecule has 34 heavy (non-hydrogen) atoms. The van der Waals surface area contributed by atoms with Crippen LogP contribution in [0.4, 0.5) is 4.79 Å². The molecule has 2 aromatic rings. The smallest absolute Gasteiger partial charge is 0.407 e. The first kappa shape index (κ1) is 23.8. The van der Waals surface area contributed by atoms with Crippen LogP contribution in [-0.4, -0.2) is 41.8 Å². The predicted molar refractivity (Wildman–Crippen MR) is 128 cm³/mol. The maximum atomic E-state index is 13.1. The summed E-state index contributed by atoms with van der Waals surface area (Å²) < 4.78 is 5.61. The van der Waals surface area contributed by atoms with Crippen molar-refractivity contribution in [2.75, 3.05) is 13.2 Å². The molecule has 1 saturated carbocycles. The lowest BCUT2D eigenvalue weighted by atomic mass is 9.83. The first-order valence-corrected chi connectivity index (χ1v) is 11.9. The molecular weight excluding hydrogens is 432 g/mol. The van der Waals surface area contributed by atoms with Crippen LogP contribution in [0, 0.1) is 5.41 Å².